The lowest BCUT2D eigenvalue weighted by Gasteiger charge is -2.01. The predicted molar refractivity (Wildman–Crippen MR) is 57.7 cm³/mol. The van der Waals surface area contributed by atoms with Crippen LogP contribution in [0.5, 0.6) is 0 Å². The fraction of sp³-hybridized carbons (Fsp3) is 0. The zero-order valence-corrected chi connectivity index (χ0v) is 8.48. The lowest BCUT2D eigenvalue weighted by atomic mass is 9.86. The van der Waals surface area contributed by atoms with Gasteiger partial charge in [-0.3, -0.25) is 0 Å². The summed E-state index contributed by atoms with van der Waals surface area (Å²) in [4.78, 5) is 0. The maximum atomic E-state index is 5.23. The van der Waals surface area contributed by atoms with Gasteiger partial charge < -0.3 is 18.6 Å². The second-order valence-electron chi connectivity index (χ2n) is 2.99. The van der Waals surface area contributed by atoms with Crippen molar-refractivity contribution in [2.45, 2.75) is 0 Å². The molecule has 7 heteroatoms. The van der Waals surface area contributed by atoms with E-state index in [0.717, 1.165) is 9.55 Å². The van der Waals surface area contributed by atoms with E-state index in [1.54, 1.807) is 11.3 Å². The molecular formula is C8H6B2O4S. The molecule has 0 radical (unpaired) electrons. The van der Waals surface area contributed by atoms with Crippen molar-refractivity contribution >= 4 is 35.1 Å². The van der Waals surface area contributed by atoms with Crippen LogP contribution in [0.15, 0.2) is 37.2 Å². The second kappa shape index (κ2) is 3.58. The Labute approximate surface area is 91.4 Å². The first-order valence-corrected chi connectivity index (χ1v) is 5.27. The Balaban J connectivity index is 1.75. The van der Waals surface area contributed by atoms with Crippen molar-refractivity contribution in [3.05, 3.63) is 37.2 Å². The molecule has 0 N–H and O–H groups in total. The van der Waals surface area contributed by atoms with Crippen LogP contribution in [0.1, 0.15) is 0 Å². The van der Waals surface area contributed by atoms with E-state index in [1.807, 2.05) is 12.1 Å². The van der Waals surface area contributed by atoms with Gasteiger partial charge in [-0.05, 0) is 12.1 Å². The molecular weight excluding hydrogens is 214 g/mol. The molecule has 3 rings (SSSR count). The van der Waals surface area contributed by atoms with E-state index in [1.165, 1.54) is 25.0 Å². The van der Waals surface area contributed by atoms with E-state index in [0.29, 0.717) is 0 Å². The molecule has 0 fully saturated rings. The standard InChI is InChI=1S/C8H6B2O4S/c1-2-8(10-13-5-6-14-10)15-7(1)9-11-3-4-12-9/h1-6H. The number of hydrogen-bond acceptors (Lipinski definition) is 5. The SMILES string of the molecule is C1=COB(c2ccc(B3OC=CO3)s2)O1. The third-order valence-corrected chi connectivity index (χ3v) is 3.16. The summed E-state index contributed by atoms with van der Waals surface area (Å²) in [6, 6.07) is 3.89. The van der Waals surface area contributed by atoms with Crippen molar-refractivity contribution in [2.24, 2.45) is 0 Å². The second-order valence-corrected chi connectivity index (χ2v) is 4.14. The highest BCUT2D eigenvalue weighted by Crippen LogP contribution is 2.08. The molecule has 0 aromatic carbocycles. The molecule has 2 aliphatic heterocycles. The van der Waals surface area contributed by atoms with Gasteiger partial charge in [0.15, 0.2) is 0 Å². The summed E-state index contributed by atoms with van der Waals surface area (Å²) in [5.74, 6) is 0. The zero-order valence-electron chi connectivity index (χ0n) is 7.66. The van der Waals surface area contributed by atoms with Crippen molar-refractivity contribution in [3.8, 4) is 0 Å². The Kier molecular flexibility index (Phi) is 2.10. The molecule has 0 saturated heterocycles. The van der Waals surface area contributed by atoms with E-state index in [9.17, 15) is 0 Å². The first kappa shape index (κ1) is 8.79. The average molecular weight is 220 g/mol. The third-order valence-electron chi connectivity index (χ3n) is 2.03. The third kappa shape index (κ3) is 1.59. The van der Waals surface area contributed by atoms with E-state index in [4.69, 9.17) is 18.6 Å². The minimum Gasteiger partial charge on any atom is -0.525 e. The highest BCUT2D eigenvalue weighted by Gasteiger charge is 2.34. The minimum atomic E-state index is -0.321. The van der Waals surface area contributed by atoms with E-state index >= 15 is 0 Å². The minimum absolute atomic E-state index is 0.321. The van der Waals surface area contributed by atoms with Gasteiger partial charge in [0.1, 0.15) is 0 Å². The first-order valence-electron chi connectivity index (χ1n) is 4.45. The first-order chi connectivity index (χ1) is 7.43. The van der Waals surface area contributed by atoms with Crippen LogP contribution >= 0.6 is 11.3 Å². The topological polar surface area (TPSA) is 36.9 Å². The van der Waals surface area contributed by atoms with Crippen LogP contribution in [-0.4, -0.2) is 14.2 Å². The summed E-state index contributed by atoms with van der Waals surface area (Å²) in [6.45, 7) is 0. The van der Waals surface area contributed by atoms with Crippen LogP contribution < -0.4 is 9.55 Å². The van der Waals surface area contributed by atoms with Gasteiger partial charge in [-0.1, -0.05) is 0 Å². The molecule has 0 unspecified atom stereocenters. The molecule has 0 bridgehead atoms. The van der Waals surface area contributed by atoms with Crippen LogP contribution in [0.25, 0.3) is 0 Å². The van der Waals surface area contributed by atoms with Crippen LogP contribution in [0.4, 0.5) is 0 Å². The van der Waals surface area contributed by atoms with Crippen LogP contribution in [0.2, 0.25) is 0 Å². The molecule has 4 nitrogen and oxygen atoms in total. The lowest BCUT2D eigenvalue weighted by molar-refractivity contribution is 0.424. The Bertz CT molecular complexity index is 364. The quantitative estimate of drug-likeness (QED) is 0.665. The predicted octanol–water partition coefficient (Wildman–Crippen LogP) is 0.174. The zero-order chi connectivity index (χ0) is 10.1. The van der Waals surface area contributed by atoms with Gasteiger partial charge in [-0.2, -0.15) is 0 Å². The molecule has 15 heavy (non-hydrogen) atoms. The smallest absolute Gasteiger partial charge is 0.525 e. The molecule has 0 atom stereocenters. The van der Waals surface area contributed by atoms with Gasteiger partial charge in [0.05, 0.1) is 34.6 Å². The van der Waals surface area contributed by atoms with Crippen LogP contribution in [-0.2, 0) is 18.6 Å². The van der Waals surface area contributed by atoms with Crippen molar-refractivity contribution in [1.82, 2.24) is 0 Å². The number of thiophene rings is 1. The maximum absolute atomic E-state index is 5.23. The molecule has 1 aromatic rings. The van der Waals surface area contributed by atoms with E-state index in [-0.39, 0.29) is 14.2 Å². The van der Waals surface area contributed by atoms with Gasteiger partial charge in [0.2, 0.25) is 0 Å². The maximum Gasteiger partial charge on any atom is 0.642 e. The average Bonchev–Trinajstić information content (AvgIpc) is 3.02. The molecule has 0 spiro atoms. The Morgan fingerprint density at radius 1 is 0.733 bits per heavy atom. The lowest BCUT2D eigenvalue weighted by Crippen LogP contribution is -2.31. The van der Waals surface area contributed by atoms with Gasteiger partial charge in [0.25, 0.3) is 0 Å². The Morgan fingerprint density at radius 3 is 1.53 bits per heavy atom. The van der Waals surface area contributed by atoms with Crippen molar-refractivity contribution in [3.63, 3.8) is 0 Å². The molecule has 0 saturated carbocycles. The molecule has 1 aromatic heterocycles. The van der Waals surface area contributed by atoms with Gasteiger partial charge in [-0.15, -0.1) is 11.3 Å². The highest BCUT2D eigenvalue weighted by molar-refractivity contribution is 7.30. The summed E-state index contributed by atoms with van der Waals surface area (Å²) in [5.41, 5.74) is 0. The monoisotopic (exact) mass is 220 g/mol. The molecule has 0 aliphatic carbocycles. The molecule has 2 aliphatic rings. The highest BCUT2D eigenvalue weighted by atomic mass is 32.1. The molecule has 74 valence electrons. The van der Waals surface area contributed by atoms with Crippen molar-refractivity contribution < 1.29 is 18.6 Å². The number of rotatable bonds is 2. The molecule has 0 amide bonds. The van der Waals surface area contributed by atoms with Gasteiger partial charge >= 0.3 is 14.2 Å². The summed E-state index contributed by atoms with van der Waals surface area (Å²) >= 11 is 1.55. The normalized spacial score (nSPS) is 17.3. The number of hydrogen-bond donors (Lipinski definition) is 0. The largest absolute Gasteiger partial charge is 0.642 e. The fourth-order valence-electron chi connectivity index (χ4n) is 1.37. The fourth-order valence-corrected chi connectivity index (χ4v) is 2.33. The Morgan fingerprint density at radius 2 is 1.13 bits per heavy atom. The van der Waals surface area contributed by atoms with E-state index < -0.39 is 0 Å². The van der Waals surface area contributed by atoms with Crippen LogP contribution in [0, 0.1) is 0 Å². The van der Waals surface area contributed by atoms with Crippen LogP contribution in [0.3, 0.4) is 0 Å². The van der Waals surface area contributed by atoms with Gasteiger partial charge in [0, 0.05) is 0 Å². The summed E-state index contributed by atoms with van der Waals surface area (Å²) < 4.78 is 22.9. The van der Waals surface area contributed by atoms with E-state index in [2.05, 4.69) is 0 Å². The Hall–Kier alpha value is -1.49. The van der Waals surface area contributed by atoms with Gasteiger partial charge in [-0.25, -0.2) is 0 Å². The summed E-state index contributed by atoms with van der Waals surface area (Å²) in [6.07, 6.45) is 6.14. The van der Waals surface area contributed by atoms with Crippen molar-refractivity contribution in [2.75, 3.05) is 0 Å². The van der Waals surface area contributed by atoms with Crippen molar-refractivity contribution in [1.29, 1.82) is 0 Å². The molecule has 3 heterocycles. The summed E-state index contributed by atoms with van der Waals surface area (Å²) in [7, 11) is -0.642. The summed E-state index contributed by atoms with van der Waals surface area (Å²) in [5, 5.41) is 0.